The molecule has 3 rings (SSSR count). The Hall–Kier alpha value is -1.44. The van der Waals surface area contributed by atoms with Crippen molar-refractivity contribution in [3.8, 4) is 0 Å². The molecule has 1 aromatic rings. The lowest BCUT2D eigenvalue weighted by molar-refractivity contribution is 0.0950. The molecule has 0 aromatic heterocycles. The first-order chi connectivity index (χ1) is 12.4. The highest BCUT2D eigenvalue weighted by Crippen LogP contribution is 2.27. The van der Waals surface area contributed by atoms with Crippen LogP contribution < -0.4 is 10.6 Å². The van der Waals surface area contributed by atoms with E-state index in [4.69, 9.17) is 0 Å². The smallest absolute Gasteiger partial charge is 0.251 e. The van der Waals surface area contributed by atoms with E-state index in [9.17, 15) is 13.2 Å². The summed E-state index contributed by atoms with van der Waals surface area (Å²) in [4.78, 5) is 12.6. The van der Waals surface area contributed by atoms with Gasteiger partial charge in [-0.15, -0.1) is 0 Å². The third kappa shape index (κ3) is 4.45. The maximum atomic E-state index is 13.0. The van der Waals surface area contributed by atoms with Gasteiger partial charge in [-0.25, -0.2) is 8.42 Å². The minimum Gasteiger partial charge on any atom is -0.350 e. The van der Waals surface area contributed by atoms with Crippen LogP contribution in [-0.4, -0.2) is 50.9 Å². The molecule has 0 saturated carbocycles. The summed E-state index contributed by atoms with van der Waals surface area (Å²) in [5.74, 6) is 0.467. The van der Waals surface area contributed by atoms with Gasteiger partial charge in [0.05, 0.1) is 4.90 Å². The number of sulfonamides is 1. The topological polar surface area (TPSA) is 78.5 Å². The molecule has 6 nitrogen and oxygen atoms in total. The fourth-order valence-electron chi connectivity index (χ4n) is 4.00. The molecular formula is C19H29N3O3S. The molecule has 26 heavy (non-hydrogen) atoms. The van der Waals surface area contributed by atoms with Crippen LogP contribution in [0.5, 0.6) is 0 Å². The second kappa shape index (κ2) is 8.06. The molecule has 2 saturated heterocycles. The molecule has 2 N–H and O–H groups in total. The largest absolute Gasteiger partial charge is 0.350 e. The molecule has 7 heteroatoms. The molecule has 0 spiro atoms. The quantitative estimate of drug-likeness (QED) is 0.818. The van der Waals surface area contributed by atoms with E-state index in [1.165, 1.54) is 6.07 Å². The predicted octanol–water partition coefficient (Wildman–Crippen LogP) is 1.84. The molecule has 3 unspecified atom stereocenters. The average Bonchev–Trinajstić information content (AvgIpc) is 3.12. The molecule has 1 aromatic carbocycles. The van der Waals surface area contributed by atoms with E-state index in [2.05, 4.69) is 24.5 Å². The van der Waals surface area contributed by atoms with Crippen molar-refractivity contribution in [2.45, 2.75) is 44.0 Å². The first-order valence-electron chi connectivity index (χ1n) is 9.48. The lowest BCUT2D eigenvalue weighted by Gasteiger charge is -2.34. The van der Waals surface area contributed by atoms with Crippen molar-refractivity contribution < 1.29 is 13.2 Å². The summed E-state index contributed by atoms with van der Waals surface area (Å²) >= 11 is 0. The van der Waals surface area contributed by atoms with E-state index in [0.29, 0.717) is 43.1 Å². The molecule has 144 valence electrons. The van der Waals surface area contributed by atoms with E-state index < -0.39 is 10.0 Å². The van der Waals surface area contributed by atoms with Crippen LogP contribution in [0.4, 0.5) is 0 Å². The Morgan fingerprint density at radius 1 is 1.27 bits per heavy atom. The fraction of sp³-hybridized carbons (Fsp3) is 0.632. The monoisotopic (exact) mass is 379 g/mol. The van der Waals surface area contributed by atoms with E-state index in [1.807, 2.05) is 0 Å². The summed E-state index contributed by atoms with van der Waals surface area (Å²) in [6, 6.07) is 6.69. The van der Waals surface area contributed by atoms with E-state index >= 15 is 0 Å². The van der Waals surface area contributed by atoms with Gasteiger partial charge in [0.15, 0.2) is 0 Å². The van der Waals surface area contributed by atoms with Crippen LogP contribution in [0.1, 0.15) is 43.5 Å². The van der Waals surface area contributed by atoms with E-state index in [1.54, 1.807) is 22.5 Å². The van der Waals surface area contributed by atoms with Crippen LogP contribution in [0, 0.1) is 11.8 Å². The Bertz CT molecular complexity index is 734. The first kappa shape index (κ1) is 19.3. The van der Waals surface area contributed by atoms with Crippen molar-refractivity contribution in [1.29, 1.82) is 0 Å². The minimum absolute atomic E-state index is 0.199. The second-order valence-electron chi connectivity index (χ2n) is 7.80. The van der Waals surface area contributed by atoms with Gasteiger partial charge in [0.1, 0.15) is 0 Å². The Morgan fingerprint density at radius 3 is 2.65 bits per heavy atom. The number of nitrogens with zero attached hydrogens (tertiary/aromatic N) is 1. The van der Waals surface area contributed by atoms with Gasteiger partial charge in [-0.05, 0) is 55.8 Å². The molecule has 0 bridgehead atoms. The molecule has 0 aliphatic carbocycles. The minimum atomic E-state index is -3.57. The average molecular weight is 380 g/mol. The van der Waals surface area contributed by atoms with Crippen LogP contribution in [-0.2, 0) is 10.0 Å². The summed E-state index contributed by atoms with van der Waals surface area (Å²) in [7, 11) is -3.57. The summed E-state index contributed by atoms with van der Waals surface area (Å²) in [5, 5.41) is 6.24. The maximum absolute atomic E-state index is 13.0. The van der Waals surface area contributed by atoms with Crippen LogP contribution in [0.25, 0.3) is 0 Å². The fourth-order valence-corrected chi connectivity index (χ4v) is 5.72. The standard InChI is InChI=1S/C19H29N3O3S/c1-14-9-15(2)13-22(12-14)26(24,25)18-7-3-5-16(10-18)19(23)21-11-17-6-4-8-20-17/h3,5,7,10,14-15,17,20H,4,6,8-9,11-13H2,1-2H3,(H,21,23). The number of rotatable bonds is 5. The summed E-state index contributed by atoms with van der Waals surface area (Å²) in [5.41, 5.74) is 0.391. The zero-order valence-electron chi connectivity index (χ0n) is 15.6. The van der Waals surface area contributed by atoms with Gasteiger partial charge in [-0.3, -0.25) is 4.79 Å². The van der Waals surface area contributed by atoms with Gasteiger partial charge >= 0.3 is 0 Å². The van der Waals surface area contributed by atoms with Gasteiger partial charge in [-0.2, -0.15) is 4.31 Å². The molecule has 2 aliphatic rings. The normalized spacial score (nSPS) is 27.4. The SMILES string of the molecule is CC1CC(C)CN(S(=O)(=O)c2cccc(C(=O)NCC3CCCN3)c2)C1. The van der Waals surface area contributed by atoms with Crippen molar-refractivity contribution in [1.82, 2.24) is 14.9 Å². The Morgan fingerprint density at radius 2 is 2.00 bits per heavy atom. The second-order valence-corrected chi connectivity index (χ2v) is 9.74. The Kier molecular flexibility index (Phi) is 5.99. The number of carbonyl (C=O) groups is 1. The van der Waals surface area contributed by atoms with Gasteiger partial charge in [0.25, 0.3) is 5.91 Å². The predicted molar refractivity (Wildman–Crippen MR) is 102 cm³/mol. The Labute approximate surface area is 156 Å². The van der Waals surface area contributed by atoms with Crippen molar-refractivity contribution >= 4 is 15.9 Å². The van der Waals surface area contributed by atoms with E-state index in [-0.39, 0.29) is 10.8 Å². The highest BCUT2D eigenvalue weighted by Gasteiger charge is 2.32. The molecule has 2 heterocycles. The number of hydrogen-bond acceptors (Lipinski definition) is 4. The molecule has 2 fully saturated rings. The highest BCUT2D eigenvalue weighted by molar-refractivity contribution is 7.89. The van der Waals surface area contributed by atoms with Crippen molar-refractivity contribution in [2.75, 3.05) is 26.2 Å². The first-order valence-corrected chi connectivity index (χ1v) is 10.9. The summed E-state index contributed by atoms with van der Waals surface area (Å²) in [6.45, 7) is 6.79. The van der Waals surface area contributed by atoms with Gasteiger partial charge in [0, 0.05) is 31.2 Å². The van der Waals surface area contributed by atoms with E-state index in [0.717, 1.165) is 25.8 Å². The third-order valence-corrected chi connectivity index (χ3v) is 7.07. The summed E-state index contributed by atoms with van der Waals surface area (Å²) in [6.07, 6.45) is 3.23. The zero-order valence-corrected chi connectivity index (χ0v) is 16.4. The number of nitrogens with one attached hydrogen (secondary N) is 2. The van der Waals surface area contributed by atoms with Gasteiger partial charge in [-0.1, -0.05) is 19.9 Å². The molecule has 0 radical (unpaired) electrons. The highest BCUT2D eigenvalue weighted by atomic mass is 32.2. The summed E-state index contributed by atoms with van der Waals surface area (Å²) < 4.78 is 27.6. The lowest BCUT2D eigenvalue weighted by atomic mass is 9.94. The van der Waals surface area contributed by atoms with Gasteiger partial charge in [0.2, 0.25) is 10.0 Å². The Balaban J connectivity index is 1.72. The van der Waals surface area contributed by atoms with Crippen LogP contribution in [0.15, 0.2) is 29.2 Å². The molecular weight excluding hydrogens is 350 g/mol. The molecule has 2 aliphatic heterocycles. The molecule has 1 amide bonds. The number of amides is 1. The molecule has 3 atom stereocenters. The number of piperidine rings is 1. The van der Waals surface area contributed by atoms with Crippen LogP contribution in [0.3, 0.4) is 0 Å². The lowest BCUT2D eigenvalue weighted by Crippen LogP contribution is -2.42. The number of carbonyl (C=O) groups excluding carboxylic acids is 1. The van der Waals surface area contributed by atoms with Gasteiger partial charge < -0.3 is 10.6 Å². The maximum Gasteiger partial charge on any atom is 0.251 e. The van der Waals surface area contributed by atoms with Crippen LogP contribution >= 0.6 is 0 Å². The zero-order chi connectivity index (χ0) is 18.7. The van der Waals surface area contributed by atoms with Crippen molar-refractivity contribution in [3.05, 3.63) is 29.8 Å². The number of benzene rings is 1. The third-order valence-electron chi connectivity index (χ3n) is 5.24. The number of hydrogen-bond donors (Lipinski definition) is 2. The van der Waals surface area contributed by atoms with Crippen molar-refractivity contribution in [2.24, 2.45) is 11.8 Å². The van der Waals surface area contributed by atoms with Crippen LogP contribution in [0.2, 0.25) is 0 Å². The van der Waals surface area contributed by atoms with Crippen molar-refractivity contribution in [3.63, 3.8) is 0 Å².